The molecule has 7 heteroatoms. The van der Waals surface area contributed by atoms with Crippen molar-refractivity contribution in [2.24, 2.45) is 5.92 Å². The van der Waals surface area contributed by atoms with E-state index in [0.717, 1.165) is 29.5 Å². The predicted molar refractivity (Wildman–Crippen MR) is 70.7 cm³/mol. The van der Waals surface area contributed by atoms with Crippen molar-refractivity contribution in [3.8, 4) is 0 Å². The second kappa shape index (κ2) is 5.91. The van der Waals surface area contributed by atoms with E-state index in [1.165, 1.54) is 0 Å². The van der Waals surface area contributed by atoms with Crippen LogP contribution in [0.15, 0.2) is 23.1 Å². The Morgan fingerprint density at radius 1 is 1.38 bits per heavy atom. The summed E-state index contributed by atoms with van der Waals surface area (Å²) in [5.74, 6) is 0.0592. The van der Waals surface area contributed by atoms with Crippen molar-refractivity contribution >= 4 is 5.91 Å². The lowest BCUT2D eigenvalue weighted by atomic mass is 10.0. The van der Waals surface area contributed by atoms with Gasteiger partial charge < -0.3 is 9.47 Å². The first-order chi connectivity index (χ1) is 9.77. The van der Waals surface area contributed by atoms with Crippen LogP contribution in [0.2, 0.25) is 0 Å². The normalized spacial score (nSPS) is 19.6. The minimum atomic E-state index is -4.53. The standard InChI is InChI=1S/C14H17F3N2O2/c1-10-3-2-6-18(7-10)13(21)9-19-8-11(14(15,16)17)4-5-12(19)20/h4-5,8,10H,2-3,6-7,9H2,1H3/t10-/m0/s1. The van der Waals surface area contributed by atoms with Gasteiger partial charge in [-0.05, 0) is 24.8 Å². The highest BCUT2D eigenvalue weighted by Crippen LogP contribution is 2.28. The molecule has 0 bridgehead atoms. The summed E-state index contributed by atoms with van der Waals surface area (Å²) in [6.45, 7) is 2.86. The van der Waals surface area contributed by atoms with Gasteiger partial charge in [0.05, 0.1) is 5.56 Å². The number of likely N-dealkylation sites (tertiary alicyclic amines) is 1. The molecule has 0 aromatic carbocycles. The molecule has 0 N–H and O–H groups in total. The van der Waals surface area contributed by atoms with Crippen molar-refractivity contribution in [2.75, 3.05) is 13.1 Å². The molecule has 0 unspecified atom stereocenters. The summed E-state index contributed by atoms with van der Waals surface area (Å²) in [7, 11) is 0. The maximum absolute atomic E-state index is 12.6. The molecule has 1 aliphatic heterocycles. The van der Waals surface area contributed by atoms with Crippen molar-refractivity contribution in [3.63, 3.8) is 0 Å². The Morgan fingerprint density at radius 3 is 2.71 bits per heavy atom. The van der Waals surface area contributed by atoms with E-state index in [1.54, 1.807) is 4.90 Å². The maximum atomic E-state index is 12.6. The highest BCUT2D eigenvalue weighted by molar-refractivity contribution is 5.76. The molecule has 2 rings (SSSR count). The van der Waals surface area contributed by atoms with Gasteiger partial charge in [-0.2, -0.15) is 13.2 Å². The topological polar surface area (TPSA) is 42.3 Å². The van der Waals surface area contributed by atoms with E-state index in [1.807, 2.05) is 6.92 Å². The summed E-state index contributed by atoms with van der Waals surface area (Å²) >= 11 is 0. The van der Waals surface area contributed by atoms with Gasteiger partial charge in [0, 0.05) is 25.4 Å². The van der Waals surface area contributed by atoms with Crippen LogP contribution in [-0.4, -0.2) is 28.5 Å². The molecule has 4 nitrogen and oxygen atoms in total. The van der Waals surface area contributed by atoms with Crippen LogP contribution in [-0.2, 0) is 17.5 Å². The van der Waals surface area contributed by atoms with Crippen molar-refractivity contribution < 1.29 is 18.0 Å². The fourth-order valence-electron chi connectivity index (χ4n) is 2.48. The van der Waals surface area contributed by atoms with Crippen LogP contribution >= 0.6 is 0 Å². The number of alkyl halides is 3. The van der Waals surface area contributed by atoms with Crippen molar-refractivity contribution in [3.05, 3.63) is 34.2 Å². The Hall–Kier alpha value is -1.79. The second-order valence-corrected chi connectivity index (χ2v) is 5.47. The van der Waals surface area contributed by atoms with Gasteiger partial charge in [0.15, 0.2) is 0 Å². The summed E-state index contributed by atoms with van der Waals surface area (Å²) in [5, 5.41) is 0. The largest absolute Gasteiger partial charge is 0.417 e. The van der Waals surface area contributed by atoms with E-state index in [4.69, 9.17) is 0 Å². The number of carbonyl (C=O) groups excluding carboxylic acids is 1. The zero-order valence-corrected chi connectivity index (χ0v) is 11.7. The number of piperidine rings is 1. The average Bonchev–Trinajstić information content (AvgIpc) is 2.40. The number of halogens is 3. The maximum Gasteiger partial charge on any atom is 0.417 e. The molecule has 1 saturated heterocycles. The molecule has 0 spiro atoms. The fraction of sp³-hybridized carbons (Fsp3) is 0.571. The molecule has 1 amide bonds. The van der Waals surface area contributed by atoms with E-state index in [2.05, 4.69) is 0 Å². The van der Waals surface area contributed by atoms with Gasteiger partial charge in [0.2, 0.25) is 5.91 Å². The molecule has 1 aromatic heterocycles. The summed E-state index contributed by atoms with van der Waals surface area (Å²) in [6.07, 6.45) is -1.91. The number of hydrogen-bond donors (Lipinski definition) is 0. The first-order valence-corrected chi connectivity index (χ1v) is 6.83. The van der Waals surface area contributed by atoms with Crippen LogP contribution in [0.4, 0.5) is 13.2 Å². The molecular formula is C14H17F3N2O2. The highest BCUT2D eigenvalue weighted by atomic mass is 19.4. The lowest BCUT2D eigenvalue weighted by molar-refractivity contribution is -0.139. The minimum Gasteiger partial charge on any atom is -0.341 e. The molecule has 0 radical (unpaired) electrons. The molecular weight excluding hydrogens is 285 g/mol. The van der Waals surface area contributed by atoms with Crippen LogP contribution in [0.5, 0.6) is 0 Å². The third kappa shape index (κ3) is 3.86. The number of aromatic nitrogens is 1. The number of carbonyl (C=O) groups is 1. The van der Waals surface area contributed by atoms with Crippen molar-refractivity contribution in [2.45, 2.75) is 32.5 Å². The zero-order chi connectivity index (χ0) is 15.6. The third-order valence-corrected chi connectivity index (χ3v) is 3.63. The quantitative estimate of drug-likeness (QED) is 0.840. The van der Waals surface area contributed by atoms with E-state index in [-0.39, 0.29) is 12.5 Å². The second-order valence-electron chi connectivity index (χ2n) is 5.47. The van der Waals surface area contributed by atoms with Crippen LogP contribution < -0.4 is 5.56 Å². The first-order valence-electron chi connectivity index (χ1n) is 6.83. The SMILES string of the molecule is C[C@H]1CCCN(C(=O)Cn2cc(C(F)(F)F)ccc2=O)C1. The molecule has 1 aromatic rings. The predicted octanol–water partition coefficient (Wildman–Crippen LogP) is 2.13. The molecule has 0 aliphatic carbocycles. The Balaban J connectivity index is 2.15. The summed E-state index contributed by atoms with van der Waals surface area (Å²) < 4.78 is 38.7. The van der Waals surface area contributed by atoms with E-state index < -0.39 is 17.3 Å². The third-order valence-electron chi connectivity index (χ3n) is 3.63. The Kier molecular flexibility index (Phi) is 4.39. The number of amides is 1. The highest BCUT2D eigenvalue weighted by Gasteiger charge is 2.31. The van der Waals surface area contributed by atoms with Gasteiger partial charge in [-0.15, -0.1) is 0 Å². The van der Waals surface area contributed by atoms with Crippen LogP contribution in [0.25, 0.3) is 0 Å². The lowest BCUT2D eigenvalue weighted by Crippen LogP contribution is -2.42. The smallest absolute Gasteiger partial charge is 0.341 e. The van der Waals surface area contributed by atoms with Gasteiger partial charge in [-0.25, -0.2) is 0 Å². The molecule has 0 saturated carbocycles. The van der Waals surface area contributed by atoms with Crippen molar-refractivity contribution in [1.82, 2.24) is 9.47 Å². The van der Waals surface area contributed by atoms with Gasteiger partial charge >= 0.3 is 6.18 Å². The van der Waals surface area contributed by atoms with Gasteiger partial charge in [-0.1, -0.05) is 6.92 Å². The Labute approximate surface area is 120 Å². The first kappa shape index (κ1) is 15.6. The van der Waals surface area contributed by atoms with Crippen LogP contribution in [0, 0.1) is 5.92 Å². The summed E-state index contributed by atoms with van der Waals surface area (Å²) in [6, 6.07) is 1.57. The van der Waals surface area contributed by atoms with Crippen molar-refractivity contribution in [1.29, 1.82) is 0 Å². The fourth-order valence-corrected chi connectivity index (χ4v) is 2.48. The van der Waals surface area contributed by atoms with E-state index >= 15 is 0 Å². The number of nitrogens with zero attached hydrogens (tertiary/aromatic N) is 2. The monoisotopic (exact) mass is 302 g/mol. The van der Waals surface area contributed by atoms with Crippen LogP contribution in [0.1, 0.15) is 25.3 Å². The number of rotatable bonds is 2. The number of pyridine rings is 1. The Bertz CT molecular complexity index is 580. The summed E-state index contributed by atoms with van der Waals surface area (Å²) in [4.78, 5) is 25.3. The molecule has 21 heavy (non-hydrogen) atoms. The van der Waals surface area contributed by atoms with E-state index in [9.17, 15) is 22.8 Å². The van der Waals surface area contributed by atoms with Gasteiger partial charge in [-0.3, -0.25) is 9.59 Å². The van der Waals surface area contributed by atoms with Gasteiger partial charge in [0.25, 0.3) is 5.56 Å². The lowest BCUT2D eigenvalue weighted by Gasteiger charge is -2.31. The molecule has 116 valence electrons. The summed E-state index contributed by atoms with van der Waals surface area (Å²) in [5.41, 5.74) is -1.54. The molecule has 2 heterocycles. The molecule has 1 fully saturated rings. The Morgan fingerprint density at radius 2 is 2.10 bits per heavy atom. The molecule has 1 aliphatic rings. The van der Waals surface area contributed by atoms with Crippen LogP contribution in [0.3, 0.4) is 0 Å². The number of hydrogen-bond acceptors (Lipinski definition) is 2. The minimum absolute atomic E-state index is 0.317. The zero-order valence-electron chi connectivity index (χ0n) is 11.7. The van der Waals surface area contributed by atoms with E-state index in [0.29, 0.717) is 25.2 Å². The molecule has 1 atom stereocenters. The average molecular weight is 302 g/mol. The van der Waals surface area contributed by atoms with Gasteiger partial charge in [0.1, 0.15) is 6.54 Å².